The molecule has 0 radical (unpaired) electrons. The van der Waals surface area contributed by atoms with Gasteiger partial charge in [-0.25, -0.2) is 0 Å². The molecule has 2 aromatic carbocycles. The molecule has 0 aliphatic heterocycles. The van der Waals surface area contributed by atoms with E-state index in [1.54, 1.807) is 5.56 Å². The number of benzene rings is 2. The number of unbranched alkanes of at least 4 members (excludes halogenated alkanes) is 2. The second-order valence-corrected chi connectivity index (χ2v) is 7.72. The van der Waals surface area contributed by atoms with E-state index in [1.165, 1.54) is 68.9 Å². The minimum Gasteiger partial charge on any atom is -0.399 e. The Bertz CT molecular complexity index is 620. The van der Waals surface area contributed by atoms with Crippen LogP contribution in [0.25, 0.3) is 0 Å². The van der Waals surface area contributed by atoms with Gasteiger partial charge in [0.05, 0.1) is 0 Å². The van der Waals surface area contributed by atoms with Crippen LogP contribution in [-0.4, -0.2) is 0 Å². The Hall–Kier alpha value is -1.76. The molecular formula is C24H33N. The molecule has 0 spiro atoms. The summed E-state index contributed by atoms with van der Waals surface area (Å²) in [4.78, 5) is 0. The monoisotopic (exact) mass is 335 g/mol. The first kappa shape index (κ1) is 18.0. The summed E-state index contributed by atoms with van der Waals surface area (Å²) in [5, 5.41) is 0. The fourth-order valence-corrected chi connectivity index (χ4v) is 4.29. The van der Waals surface area contributed by atoms with Gasteiger partial charge in [0, 0.05) is 11.6 Å². The molecule has 3 rings (SSSR count). The molecule has 1 fully saturated rings. The van der Waals surface area contributed by atoms with Crippen LogP contribution >= 0.6 is 0 Å². The van der Waals surface area contributed by atoms with Gasteiger partial charge in [0.1, 0.15) is 0 Å². The number of hydrogen-bond acceptors (Lipinski definition) is 1. The number of rotatable bonds is 7. The van der Waals surface area contributed by atoms with Gasteiger partial charge in [-0.1, -0.05) is 81.8 Å². The summed E-state index contributed by atoms with van der Waals surface area (Å²) in [5.74, 6) is 1.28. The molecule has 0 bridgehead atoms. The van der Waals surface area contributed by atoms with Crippen molar-refractivity contribution in [1.29, 1.82) is 0 Å². The van der Waals surface area contributed by atoms with E-state index in [0.29, 0.717) is 5.92 Å². The van der Waals surface area contributed by atoms with Crippen LogP contribution in [0.15, 0.2) is 48.5 Å². The highest BCUT2D eigenvalue weighted by molar-refractivity contribution is 5.43. The zero-order valence-electron chi connectivity index (χ0n) is 15.7. The molecule has 2 N–H and O–H groups in total. The first-order chi connectivity index (χ1) is 12.3. The summed E-state index contributed by atoms with van der Waals surface area (Å²) < 4.78 is 0. The molecular weight excluding hydrogens is 302 g/mol. The minimum absolute atomic E-state index is 0.493. The quantitative estimate of drug-likeness (QED) is 0.426. The second-order valence-electron chi connectivity index (χ2n) is 7.72. The third-order valence-corrected chi connectivity index (χ3v) is 5.85. The highest BCUT2D eigenvalue weighted by atomic mass is 14.5. The van der Waals surface area contributed by atoms with Crippen molar-refractivity contribution in [2.24, 2.45) is 0 Å². The Kier molecular flexibility index (Phi) is 6.55. The third kappa shape index (κ3) is 4.87. The van der Waals surface area contributed by atoms with Gasteiger partial charge in [-0.2, -0.15) is 0 Å². The van der Waals surface area contributed by atoms with Crippen molar-refractivity contribution < 1.29 is 0 Å². The van der Waals surface area contributed by atoms with E-state index in [9.17, 15) is 0 Å². The van der Waals surface area contributed by atoms with E-state index in [-0.39, 0.29) is 0 Å². The summed E-state index contributed by atoms with van der Waals surface area (Å²) in [6.45, 7) is 2.27. The molecule has 1 unspecified atom stereocenters. The van der Waals surface area contributed by atoms with Crippen LogP contribution in [0.3, 0.4) is 0 Å². The van der Waals surface area contributed by atoms with Crippen molar-refractivity contribution in [3.8, 4) is 0 Å². The summed E-state index contributed by atoms with van der Waals surface area (Å²) in [7, 11) is 0. The van der Waals surface area contributed by atoms with E-state index in [4.69, 9.17) is 5.73 Å². The van der Waals surface area contributed by atoms with E-state index < -0.39 is 0 Å². The lowest BCUT2D eigenvalue weighted by Crippen LogP contribution is -2.06. The molecule has 134 valence electrons. The lowest BCUT2D eigenvalue weighted by molar-refractivity contribution is 0.443. The zero-order valence-corrected chi connectivity index (χ0v) is 15.7. The zero-order chi connectivity index (χ0) is 17.5. The van der Waals surface area contributed by atoms with Gasteiger partial charge in [-0.15, -0.1) is 0 Å². The molecule has 1 nitrogen and oxygen atoms in total. The molecule has 1 aliphatic carbocycles. The SMILES string of the molecule is CCCCCC(c1ccc(N)cc1)c1ccc(C2CCCCC2)cc1. The minimum atomic E-state index is 0.493. The molecule has 2 aromatic rings. The van der Waals surface area contributed by atoms with Crippen LogP contribution in [0.2, 0.25) is 0 Å². The van der Waals surface area contributed by atoms with E-state index in [0.717, 1.165) is 11.6 Å². The van der Waals surface area contributed by atoms with Crippen LogP contribution in [0.1, 0.15) is 93.2 Å². The van der Waals surface area contributed by atoms with E-state index in [1.807, 2.05) is 12.1 Å². The lowest BCUT2D eigenvalue weighted by Gasteiger charge is -2.23. The number of nitrogens with two attached hydrogens (primary N) is 1. The molecule has 1 atom stereocenters. The van der Waals surface area contributed by atoms with E-state index in [2.05, 4.69) is 43.3 Å². The Morgan fingerprint density at radius 3 is 2.04 bits per heavy atom. The van der Waals surface area contributed by atoms with Gasteiger partial charge in [0.2, 0.25) is 0 Å². The van der Waals surface area contributed by atoms with Crippen molar-refractivity contribution in [3.05, 3.63) is 65.2 Å². The lowest BCUT2D eigenvalue weighted by atomic mass is 9.82. The first-order valence-corrected chi connectivity index (χ1v) is 10.2. The highest BCUT2D eigenvalue weighted by Gasteiger charge is 2.17. The molecule has 0 heterocycles. The fourth-order valence-electron chi connectivity index (χ4n) is 4.29. The molecule has 25 heavy (non-hydrogen) atoms. The Morgan fingerprint density at radius 2 is 1.44 bits per heavy atom. The summed E-state index contributed by atoms with van der Waals surface area (Å²) >= 11 is 0. The van der Waals surface area contributed by atoms with Crippen LogP contribution in [0.4, 0.5) is 5.69 Å². The smallest absolute Gasteiger partial charge is 0.0314 e. The summed E-state index contributed by atoms with van der Waals surface area (Å²) in [6.07, 6.45) is 12.1. The summed E-state index contributed by atoms with van der Waals surface area (Å²) in [6, 6.07) is 18.1. The Labute approximate surface area is 153 Å². The highest BCUT2D eigenvalue weighted by Crippen LogP contribution is 2.35. The maximum Gasteiger partial charge on any atom is 0.0314 e. The second kappa shape index (κ2) is 9.08. The summed E-state index contributed by atoms with van der Waals surface area (Å²) in [5.41, 5.74) is 11.1. The van der Waals surface area contributed by atoms with Crippen LogP contribution < -0.4 is 5.73 Å². The van der Waals surface area contributed by atoms with Gasteiger partial charge in [0.15, 0.2) is 0 Å². The van der Waals surface area contributed by atoms with Crippen molar-refractivity contribution in [2.45, 2.75) is 76.5 Å². The van der Waals surface area contributed by atoms with Gasteiger partial charge in [-0.05, 0) is 54.0 Å². The van der Waals surface area contributed by atoms with Crippen molar-refractivity contribution in [1.82, 2.24) is 0 Å². The molecule has 0 aromatic heterocycles. The number of hydrogen-bond donors (Lipinski definition) is 1. The number of anilines is 1. The topological polar surface area (TPSA) is 26.0 Å². The molecule has 1 heteroatoms. The van der Waals surface area contributed by atoms with Gasteiger partial charge < -0.3 is 5.73 Å². The predicted molar refractivity (Wildman–Crippen MR) is 109 cm³/mol. The van der Waals surface area contributed by atoms with Crippen molar-refractivity contribution in [3.63, 3.8) is 0 Å². The van der Waals surface area contributed by atoms with Crippen LogP contribution in [0.5, 0.6) is 0 Å². The van der Waals surface area contributed by atoms with Crippen molar-refractivity contribution >= 4 is 5.69 Å². The number of nitrogen functional groups attached to an aromatic ring is 1. The Balaban J connectivity index is 1.78. The normalized spacial score (nSPS) is 16.7. The largest absolute Gasteiger partial charge is 0.399 e. The van der Waals surface area contributed by atoms with Crippen molar-refractivity contribution in [2.75, 3.05) is 5.73 Å². The first-order valence-electron chi connectivity index (χ1n) is 10.2. The van der Waals surface area contributed by atoms with Crippen LogP contribution in [0, 0.1) is 0 Å². The van der Waals surface area contributed by atoms with Crippen LogP contribution in [-0.2, 0) is 0 Å². The third-order valence-electron chi connectivity index (χ3n) is 5.85. The molecule has 0 amide bonds. The average molecular weight is 336 g/mol. The Morgan fingerprint density at radius 1 is 0.840 bits per heavy atom. The standard InChI is InChI=1S/C24H33N/c1-2-3-5-10-24(22-15-17-23(25)18-16-22)21-13-11-20(12-14-21)19-8-6-4-7-9-19/h11-19,24H,2-10,25H2,1H3. The maximum atomic E-state index is 5.89. The molecule has 1 aliphatic rings. The molecule has 1 saturated carbocycles. The van der Waals surface area contributed by atoms with Gasteiger partial charge >= 0.3 is 0 Å². The predicted octanol–water partition coefficient (Wildman–Crippen LogP) is 7.03. The molecule has 0 saturated heterocycles. The van der Waals surface area contributed by atoms with Gasteiger partial charge in [0.25, 0.3) is 0 Å². The van der Waals surface area contributed by atoms with Gasteiger partial charge in [-0.3, -0.25) is 0 Å². The fraction of sp³-hybridized carbons (Fsp3) is 0.500. The average Bonchev–Trinajstić information content (AvgIpc) is 2.67. The van der Waals surface area contributed by atoms with E-state index >= 15 is 0 Å². The maximum absolute atomic E-state index is 5.89.